The van der Waals surface area contributed by atoms with Gasteiger partial charge in [-0.05, 0) is 72.3 Å². The largest absolute Gasteiger partial charge is 0.379 e. The maximum Gasteiger partial charge on any atom is 0.0518 e. The third-order valence-electron chi connectivity index (χ3n) is 2.98. The van der Waals surface area contributed by atoms with Gasteiger partial charge in [-0.15, -0.1) is 0 Å². The van der Waals surface area contributed by atoms with Gasteiger partial charge in [-0.2, -0.15) is 0 Å². The monoisotopic (exact) mass is 228 g/mol. The van der Waals surface area contributed by atoms with E-state index in [0.29, 0.717) is 6.10 Å². The lowest BCUT2D eigenvalue weighted by Gasteiger charge is -2.24. The minimum atomic E-state index is 0.382. The predicted octanol–water partition coefficient (Wildman–Crippen LogP) is 1.88. The molecule has 0 saturated carbocycles. The predicted molar refractivity (Wildman–Crippen MR) is 68.9 cm³/mol. The summed E-state index contributed by atoms with van der Waals surface area (Å²) in [7, 11) is 0. The van der Waals surface area contributed by atoms with Crippen LogP contribution in [0.2, 0.25) is 0 Å². The standard InChI is InChI=1S/C13H28N2O/c1-13(2)16-12-4-3-9-15-10-5-7-14-8-6-11-15/h13-14H,3-12H2,1-2H3. The highest BCUT2D eigenvalue weighted by Crippen LogP contribution is 2.01. The van der Waals surface area contributed by atoms with Crippen molar-refractivity contribution in [2.75, 3.05) is 39.3 Å². The number of unbranched alkanes of at least 4 members (excludes halogenated alkanes) is 1. The Hall–Kier alpha value is -0.120. The van der Waals surface area contributed by atoms with Crippen LogP contribution in [0.15, 0.2) is 0 Å². The molecule has 1 N–H and O–H groups in total. The van der Waals surface area contributed by atoms with Gasteiger partial charge in [-0.25, -0.2) is 0 Å². The van der Waals surface area contributed by atoms with Crippen molar-refractivity contribution in [2.45, 2.75) is 45.6 Å². The van der Waals surface area contributed by atoms with Crippen molar-refractivity contribution < 1.29 is 4.74 Å². The lowest BCUT2D eigenvalue weighted by molar-refractivity contribution is 0.0740. The summed E-state index contributed by atoms with van der Waals surface area (Å²) in [5, 5.41) is 3.45. The van der Waals surface area contributed by atoms with Gasteiger partial charge in [0.25, 0.3) is 0 Å². The molecule has 16 heavy (non-hydrogen) atoms. The van der Waals surface area contributed by atoms with Gasteiger partial charge in [-0.1, -0.05) is 0 Å². The summed E-state index contributed by atoms with van der Waals surface area (Å²) in [6.45, 7) is 11.3. The lowest BCUT2D eigenvalue weighted by Crippen LogP contribution is -2.34. The van der Waals surface area contributed by atoms with Gasteiger partial charge in [0.15, 0.2) is 0 Å². The van der Waals surface area contributed by atoms with E-state index in [2.05, 4.69) is 24.1 Å². The topological polar surface area (TPSA) is 24.5 Å². The molecule has 0 atom stereocenters. The number of hydrogen-bond acceptors (Lipinski definition) is 3. The maximum absolute atomic E-state index is 5.55. The van der Waals surface area contributed by atoms with E-state index in [1.807, 2.05) is 0 Å². The Kier molecular flexibility index (Phi) is 7.81. The number of ether oxygens (including phenoxy) is 1. The van der Waals surface area contributed by atoms with Crippen LogP contribution in [0.4, 0.5) is 0 Å². The van der Waals surface area contributed by atoms with Crippen LogP contribution in [0.25, 0.3) is 0 Å². The second kappa shape index (κ2) is 8.97. The Morgan fingerprint density at radius 3 is 2.44 bits per heavy atom. The van der Waals surface area contributed by atoms with Gasteiger partial charge in [0, 0.05) is 6.61 Å². The molecule has 0 amide bonds. The van der Waals surface area contributed by atoms with E-state index in [0.717, 1.165) is 6.61 Å². The molecule has 0 spiro atoms. The molecule has 1 aliphatic heterocycles. The summed E-state index contributed by atoms with van der Waals surface area (Å²) in [6.07, 6.45) is 5.45. The molecule has 1 heterocycles. The molecule has 0 aliphatic carbocycles. The van der Waals surface area contributed by atoms with Crippen LogP contribution in [0.5, 0.6) is 0 Å². The fourth-order valence-corrected chi connectivity index (χ4v) is 2.07. The second-order valence-corrected chi connectivity index (χ2v) is 4.93. The molecule has 1 fully saturated rings. The normalized spacial score (nSPS) is 19.7. The second-order valence-electron chi connectivity index (χ2n) is 4.93. The molecular weight excluding hydrogens is 200 g/mol. The van der Waals surface area contributed by atoms with E-state index in [1.165, 1.54) is 58.4 Å². The van der Waals surface area contributed by atoms with Gasteiger partial charge in [-0.3, -0.25) is 0 Å². The van der Waals surface area contributed by atoms with Gasteiger partial charge < -0.3 is 15.0 Å². The van der Waals surface area contributed by atoms with E-state index >= 15 is 0 Å². The van der Waals surface area contributed by atoms with Gasteiger partial charge in [0.1, 0.15) is 0 Å². The van der Waals surface area contributed by atoms with Crippen LogP contribution >= 0.6 is 0 Å². The minimum absolute atomic E-state index is 0.382. The molecule has 3 heteroatoms. The van der Waals surface area contributed by atoms with Crippen molar-refractivity contribution in [3.05, 3.63) is 0 Å². The zero-order valence-corrected chi connectivity index (χ0v) is 11.0. The summed E-state index contributed by atoms with van der Waals surface area (Å²) in [5.41, 5.74) is 0. The quantitative estimate of drug-likeness (QED) is 0.703. The van der Waals surface area contributed by atoms with Crippen LogP contribution < -0.4 is 5.32 Å². The van der Waals surface area contributed by atoms with Crippen LogP contribution in [0.3, 0.4) is 0 Å². The highest BCUT2D eigenvalue weighted by atomic mass is 16.5. The molecule has 1 saturated heterocycles. The van der Waals surface area contributed by atoms with Crippen molar-refractivity contribution >= 4 is 0 Å². The Morgan fingerprint density at radius 2 is 1.81 bits per heavy atom. The molecule has 0 radical (unpaired) electrons. The number of rotatable bonds is 6. The van der Waals surface area contributed by atoms with Crippen LogP contribution in [-0.4, -0.2) is 50.3 Å². The first-order chi connectivity index (χ1) is 7.79. The average Bonchev–Trinajstić information content (AvgIpc) is 2.19. The SMILES string of the molecule is CC(C)OCCCCN1CCCNCCC1. The molecule has 0 aromatic rings. The van der Waals surface area contributed by atoms with Crippen LogP contribution in [-0.2, 0) is 4.74 Å². The Bertz CT molecular complexity index is 154. The lowest BCUT2D eigenvalue weighted by atomic mass is 10.2. The zero-order valence-electron chi connectivity index (χ0n) is 11.0. The molecule has 0 bridgehead atoms. The van der Waals surface area contributed by atoms with Crippen molar-refractivity contribution in [2.24, 2.45) is 0 Å². The zero-order chi connectivity index (χ0) is 11.6. The molecule has 0 unspecified atom stereocenters. The summed E-state index contributed by atoms with van der Waals surface area (Å²) >= 11 is 0. The fourth-order valence-electron chi connectivity index (χ4n) is 2.07. The highest BCUT2D eigenvalue weighted by Gasteiger charge is 2.06. The molecule has 0 aromatic carbocycles. The molecule has 1 rings (SSSR count). The third kappa shape index (κ3) is 7.20. The van der Waals surface area contributed by atoms with Gasteiger partial charge >= 0.3 is 0 Å². The van der Waals surface area contributed by atoms with E-state index < -0.39 is 0 Å². The third-order valence-corrected chi connectivity index (χ3v) is 2.98. The summed E-state index contributed by atoms with van der Waals surface area (Å²) < 4.78 is 5.55. The first-order valence-corrected chi connectivity index (χ1v) is 6.83. The number of nitrogens with one attached hydrogen (secondary N) is 1. The molecule has 3 nitrogen and oxygen atoms in total. The number of hydrogen-bond donors (Lipinski definition) is 1. The van der Waals surface area contributed by atoms with Gasteiger partial charge in [0.2, 0.25) is 0 Å². The van der Waals surface area contributed by atoms with Crippen LogP contribution in [0.1, 0.15) is 39.5 Å². The molecule has 0 aromatic heterocycles. The van der Waals surface area contributed by atoms with Crippen LogP contribution in [0, 0.1) is 0 Å². The maximum atomic E-state index is 5.55. The summed E-state index contributed by atoms with van der Waals surface area (Å²) in [5.74, 6) is 0. The summed E-state index contributed by atoms with van der Waals surface area (Å²) in [4.78, 5) is 2.61. The minimum Gasteiger partial charge on any atom is -0.379 e. The first kappa shape index (κ1) is 13.9. The van der Waals surface area contributed by atoms with E-state index in [4.69, 9.17) is 4.74 Å². The van der Waals surface area contributed by atoms with Gasteiger partial charge in [0.05, 0.1) is 6.10 Å². The molecular formula is C13H28N2O. The van der Waals surface area contributed by atoms with E-state index in [-0.39, 0.29) is 0 Å². The van der Waals surface area contributed by atoms with Crippen molar-refractivity contribution in [1.82, 2.24) is 10.2 Å². The highest BCUT2D eigenvalue weighted by molar-refractivity contribution is 4.64. The van der Waals surface area contributed by atoms with E-state index in [9.17, 15) is 0 Å². The fraction of sp³-hybridized carbons (Fsp3) is 1.00. The van der Waals surface area contributed by atoms with Crippen molar-refractivity contribution in [3.63, 3.8) is 0 Å². The Labute approximate surface area is 101 Å². The Morgan fingerprint density at radius 1 is 1.12 bits per heavy atom. The number of nitrogens with zero attached hydrogens (tertiary/aromatic N) is 1. The average molecular weight is 228 g/mol. The summed E-state index contributed by atoms with van der Waals surface area (Å²) in [6, 6.07) is 0. The van der Waals surface area contributed by atoms with Crippen molar-refractivity contribution in [3.8, 4) is 0 Å². The molecule has 1 aliphatic rings. The Balaban J connectivity index is 1.97. The smallest absolute Gasteiger partial charge is 0.0518 e. The van der Waals surface area contributed by atoms with E-state index in [1.54, 1.807) is 0 Å². The first-order valence-electron chi connectivity index (χ1n) is 6.83. The van der Waals surface area contributed by atoms with Crippen molar-refractivity contribution in [1.29, 1.82) is 0 Å². The molecule has 96 valence electrons.